The van der Waals surface area contributed by atoms with Crippen LogP contribution in [-0.2, 0) is 7.05 Å². The van der Waals surface area contributed by atoms with Crippen LogP contribution in [0.15, 0.2) is 102 Å². The van der Waals surface area contributed by atoms with E-state index in [9.17, 15) is 0 Å². The van der Waals surface area contributed by atoms with Crippen LogP contribution in [0.25, 0.3) is 60.3 Å². The molecule has 0 unspecified atom stereocenters. The van der Waals surface area contributed by atoms with Crippen LogP contribution in [0.2, 0.25) is 0 Å². The summed E-state index contributed by atoms with van der Waals surface area (Å²) in [4.78, 5) is 3.88. The van der Waals surface area contributed by atoms with Crippen molar-refractivity contribution in [3.63, 3.8) is 0 Å². The van der Waals surface area contributed by atoms with E-state index in [1.165, 1.54) is 5.56 Å². The van der Waals surface area contributed by atoms with Gasteiger partial charge in [-0.1, -0.05) is 72.8 Å². The van der Waals surface area contributed by atoms with E-state index in [1.54, 1.807) is 0 Å². The number of rotatable bonds is 3. The number of nitrogens with zero attached hydrogens (tertiary/aromatic N) is 2. The van der Waals surface area contributed by atoms with Crippen LogP contribution in [0.1, 0.15) is 11.1 Å². The third-order valence-corrected chi connectivity index (χ3v) is 6.91. The third-order valence-electron chi connectivity index (χ3n) is 6.91. The van der Waals surface area contributed by atoms with Gasteiger partial charge in [-0.15, -0.1) is 0 Å². The Morgan fingerprint density at radius 2 is 1.39 bits per heavy atom. The summed E-state index contributed by atoms with van der Waals surface area (Å²) in [7, 11) is 2.07. The van der Waals surface area contributed by atoms with Gasteiger partial charge in [0.25, 0.3) is 0 Å². The van der Waals surface area contributed by atoms with Gasteiger partial charge in [0.1, 0.15) is 18.2 Å². The Kier molecular flexibility index (Phi) is 5.16. The Hall–Kier alpha value is -4.68. The summed E-state index contributed by atoms with van der Waals surface area (Å²) in [6.45, 7) is 12.1. The van der Waals surface area contributed by atoms with Crippen molar-refractivity contribution in [3.05, 3.63) is 120 Å². The Bertz CT molecular complexity index is 1820. The number of pyridine rings is 1. The minimum absolute atomic E-state index is 0.589. The quantitative estimate of drug-likeness (QED) is 0.189. The summed E-state index contributed by atoms with van der Waals surface area (Å²) in [5.41, 5.74) is 10.8. The lowest BCUT2D eigenvalue weighted by Crippen LogP contribution is -2.31. The van der Waals surface area contributed by atoms with Gasteiger partial charge in [0.15, 0.2) is 11.9 Å². The zero-order chi connectivity index (χ0) is 24.8. The molecule has 2 aromatic heterocycles. The minimum atomic E-state index is 0.589. The summed E-state index contributed by atoms with van der Waals surface area (Å²) in [6, 6.07) is 31.2. The number of aromatic nitrogens is 1. The minimum Gasteiger partial charge on any atom is -0.456 e. The molecule has 0 fully saturated rings. The lowest BCUT2D eigenvalue weighted by atomic mass is 9.96. The fourth-order valence-corrected chi connectivity index (χ4v) is 5.17. The average Bonchev–Trinajstić information content (AvgIpc) is 3.28. The monoisotopic (exact) mass is 465 g/mol. The molecule has 0 aliphatic heterocycles. The molecule has 0 spiro atoms. The van der Waals surface area contributed by atoms with Crippen LogP contribution in [0.4, 0.5) is 5.69 Å². The van der Waals surface area contributed by atoms with E-state index in [-0.39, 0.29) is 0 Å². The molecule has 0 saturated heterocycles. The van der Waals surface area contributed by atoms with Crippen LogP contribution in [-0.4, -0.2) is 0 Å². The Balaban J connectivity index is 1.66. The Morgan fingerprint density at radius 1 is 0.694 bits per heavy atom. The summed E-state index contributed by atoms with van der Waals surface area (Å²) >= 11 is 0. The fourth-order valence-electron chi connectivity index (χ4n) is 5.17. The first kappa shape index (κ1) is 21.8. The molecular weight excluding hydrogens is 440 g/mol. The first-order valence-electron chi connectivity index (χ1n) is 12.0. The van der Waals surface area contributed by atoms with E-state index in [4.69, 9.17) is 11.0 Å². The Morgan fingerprint density at radius 3 is 2.14 bits per heavy atom. The second-order valence-corrected chi connectivity index (χ2v) is 9.33. The molecule has 0 aliphatic rings. The van der Waals surface area contributed by atoms with E-state index in [1.807, 2.05) is 30.3 Å². The van der Waals surface area contributed by atoms with Crippen molar-refractivity contribution in [1.82, 2.24) is 0 Å². The molecule has 0 amide bonds. The molecule has 0 aliphatic carbocycles. The van der Waals surface area contributed by atoms with Gasteiger partial charge in [0, 0.05) is 28.0 Å². The van der Waals surface area contributed by atoms with Crippen LogP contribution in [0.3, 0.4) is 0 Å². The molecule has 0 atom stereocenters. The summed E-state index contributed by atoms with van der Waals surface area (Å²) in [5.74, 6) is 0. The molecule has 3 heteroatoms. The highest BCUT2D eigenvalue weighted by Crippen LogP contribution is 2.44. The number of furan rings is 1. The number of fused-ring (bicyclic) bond motifs is 3. The second kappa shape index (κ2) is 8.52. The molecule has 3 nitrogen and oxygen atoms in total. The Labute approximate surface area is 210 Å². The van der Waals surface area contributed by atoms with Gasteiger partial charge in [-0.25, -0.2) is 9.41 Å². The van der Waals surface area contributed by atoms with Crippen molar-refractivity contribution >= 4 is 27.6 Å². The molecule has 0 N–H and O–H groups in total. The van der Waals surface area contributed by atoms with Crippen molar-refractivity contribution in [2.24, 2.45) is 7.05 Å². The van der Waals surface area contributed by atoms with Crippen molar-refractivity contribution in [2.45, 2.75) is 13.8 Å². The number of benzene rings is 4. The lowest BCUT2D eigenvalue weighted by Gasteiger charge is -2.09. The van der Waals surface area contributed by atoms with Crippen LogP contribution in [0, 0.1) is 20.4 Å². The lowest BCUT2D eigenvalue weighted by molar-refractivity contribution is -0.660. The van der Waals surface area contributed by atoms with Crippen LogP contribution >= 0.6 is 0 Å². The molecule has 172 valence electrons. The molecule has 0 radical (unpaired) electrons. The number of hydrogen-bond donors (Lipinski definition) is 0. The predicted octanol–water partition coefficient (Wildman–Crippen LogP) is 8.58. The van der Waals surface area contributed by atoms with Gasteiger partial charge in [0.05, 0.1) is 12.1 Å². The molecule has 36 heavy (non-hydrogen) atoms. The molecule has 0 bridgehead atoms. The SMILES string of the molecule is [C-]#[N+]c1ccc2c(oc3c(-c4ccc(C)c[n+]4C)c(C)ccc32)c1-c1cccc(-c2ccccc2)c1. The molecule has 6 rings (SSSR count). The van der Waals surface area contributed by atoms with Gasteiger partial charge in [-0.3, -0.25) is 0 Å². The maximum absolute atomic E-state index is 7.90. The van der Waals surface area contributed by atoms with E-state index in [0.717, 1.165) is 61.0 Å². The largest absolute Gasteiger partial charge is 0.456 e. The summed E-state index contributed by atoms with van der Waals surface area (Å²) in [5, 5.41) is 2.08. The zero-order valence-corrected chi connectivity index (χ0v) is 20.5. The van der Waals surface area contributed by atoms with Gasteiger partial charge < -0.3 is 4.42 Å². The van der Waals surface area contributed by atoms with Gasteiger partial charge in [-0.2, -0.15) is 0 Å². The van der Waals surface area contributed by atoms with Gasteiger partial charge in [-0.05, 0) is 48.2 Å². The first-order valence-corrected chi connectivity index (χ1v) is 12.0. The maximum atomic E-state index is 7.90. The van der Waals surface area contributed by atoms with Crippen LogP contribution in [0.5, 0.6) is 0 Å². The summed E-state index contributed by atoms with van der Waals surface area (Å²) in [6.07, 6.45) is 2.13. The smallest absolute Gasteiger partial charge is 0.216 e. The summed E-state index contributed by atoms with van der Waals surface area (Å²) < 4.78 is 8.87. The molecule has 0 saturated carbocycles. The highest BCUT2D eigenvalue weighted by atomic mass is 16.3. The van der Waals surface area contributed by atoms with E-state index in [0.29, 0.717) is 5.69 Å². The van der Waals surface area contributed by atoms with Gasteiger partial charge >= 0.3 is 0 Å². The number of aryl methyl sites for hydroxylation is 3. The number of hydrogen-bond acceptors (Lipinski definition) is 1. The molecular formula is C33H25N2O+. The normalized spacial score (nSPS) is 11.2. The second-order valence-electron chi connectivity index (χ2n) is 9.33. The van der Waals surface area contributed by atoms with E-state index >= 15 is 0 Å². The fraction of sp³-hybridized carbons (Fsp3) is 0.0909. The first-order chi connectivity index (χ1) is 17.5. The molecule has 6 aromatic rings. The van der Waals surface area contributed by atoms with E-state index in [2.05, 4.69) is 97.2 Å². The zero-order valence-electron chi connectivity index (χ0n) is 20.5. The van der Waals surface area contributed by atoms with Crippen LogP contribution < -0.4 is 4.57 Å². The van der Waals surface area contributed by atoms with Crippen molar-refractivity contribution < 1.29 is 8.98 Å². The predicted molar refractivity (Wildman–Crippen MR) is 147 cm³/mol. The highest BCUT2D eigenvalue weighted by Gasteiger charge is 2.23. The van der Waals surface area contributed by atoms with Crippen molar-refractivity contribution in [2.75, 3.05) is 0 Å². The van der Waals surface area contributed by atoms with Gasteiger partial charge in [0.2, 0.25) is 5.69 Å². The average molecular weight is 466 g/mol. The third kappa shape index (κ3) is 3.47. The molecule has 4 aromatic carbocycles. The standard InChI is InChI=1S/C33H25N2O/c1-21-13-18-29(35(4)20-21)30-22(2)14-15-26-27-16-17-28(34-3)31(33(27)36-32(26)30)25-12-8-11-24(19-25)23-9-6-5-7-10-23/h5-20H,1-2,4H3/q+1. The maximum Gasteiger partial charge on any atom is 0.216 e. The van der Waals surface area contributed by atoms with Crippen molar-refractivity contribution in [3.8, 4) is 33.5 Å². The topological polar surface area (TPSA) is 21.4 Å². The molecule has 2 heterocycles. The highest BCUT2D eigenvalue weighted by molar-refractivity contribution is 6.15. The van der Waals surface area contributed by atoms with Crippen molar-refractivity contribution in [1.29, 1.82) is 0 Å². The van der Waals surface area contributed by atoms with E-state index < -0.39 is 0 Å².